The fourth-order valence-electron chi connectivity index (χ4n) is 3.25. The first-order valence-electron chi connectivity index (χ1n) is 8.90. The van der Waals surface area contributed by atoms with E-state index in [1.807, 2.05) is 12.1 Å². The molecule has 1 saturated heterocycles. The third-order valence-corrected chi connectivity index (χ3v) is 6.31. The van der Waals surface area contributed by atoms with Crippen LogP contribution in [0.4, 0.5) is 5.69 Å². The van der Waals surface area contributed by atoms with Crippen LogP contribution in [0.3, 0.4) is 0 Å². The van der Waals surface area contributed by atoms with Crippen molar-refractivity contribution in [1.29, 1.82) is 0 Å². The van der Waals surface area contributed by atoms with Crippen LogP contribution < -0.4 is 19.1 Å². The summed E-state index contributed by atoms with van der Waals surface area (Å²) in [6, 6.07) is 8.75. The van der Waals surface area contributed by atoms with Crippen LogP contribution >= 0.6 is 0 Å². The van der Waals surface area contributed by atoms with E-state index < -0.39 is 10.0 Å². The number of nitrogens with zero attached hydrogens (tertiary/aromatic N) is 2. The molecule has 1 aliphatic heterocycles. The summed E-state index contributed by atoms with van der Waals surface area (Å²) < 4.78 is 38.6. The molecule has 0 radical (unpaired) electrons. The largest absolute Gasteiger partial charge is 0.497 e. The molecule has 0 bridgehead atoms. The zero-order valence-corrected chi connectivity index (χ0v) is 16.4. The van der Waals surface area contributed by atoms with Crippen LogP contribution in [-0.2, 0) is 10.0 Å². The van der Waals surface area contributed by atoms with Crippen LogP contribution in [0, 0.1) is 5.92 Å². The van der Waals surface area contributed by atoms with Gasteiger partial charge < -0.3 is 14.4 Å². The lowest BCUT2D eigenvalue weighted by molar-refractivity contribution is 0.389. The number of aromatic nitrogens is 1. The van der Waals surface area contributed by atoms with Crippen LogP contribution in [0.15, 0.2) is 47.6 Å². The summed E-state index contributed by atoms with van der Waals surface area (Å²) in [5.41, 5.74) is 1.16. The highest BCUT2D eigenvalue weighted by Gasteiger charge is 2.24. The number of methoxy groups -OCH3 is 2. The number of rotatable bonds is 7. The maximum Gasteiger partial charge on any atom is 0.244 e. The lowest BCUT2D eigenvalue weighted by Gasteiger charge is -2.33. The Bertz CT molecular complexity index is 851. The average Bonchev–Trinajstić information content (AvgIpc) is 2.73. The van der Waals surface area contributed by atoms with Crippen molar-refractivity contribution in [1.82, 2.24) is 9.71 Å². The molecule has 0 aliphatic carbocycles. The molecule has 1 N–H and O–H groups in total. The molecule has 2 aromatic rings. The van der Waals surface area contributed by atoms with Gasteiger partial charge in [0, 0.05) is 43.8 Å². The summed E-state index contributed by atoms with van der Waals surface area (Å²) in [5, 5.41) is 0. The Balaban J connectivity index is 1.60. The zero-order chi connectivity index (χ0) is 19.3. The molecule has 0 saturated carbocycles. The fourth-order valence-corrected chi connectivity index (χ4v) is 4.55. The number of sulfonamides is 1. The topological polar surface area (TPSA) is 80.8 Å². The minimum Gasteiger partial charge on any atom is -0.497 e. The van der Waals surface area contributed by atoms with Crippen molar-refractivity contribution in [3.8, 4) is 11.5 Å². The second-order valence-corrected chi connectivity index (χ2v) is 8.24. The van der Waals surface area contributed by atoms with Gasteiger partial charge in [-0.05, 0) is 43.0 Å². The van der Waals surface area contributed by atoms with Crippen molar-refractivity contribution in [2.45, 2.75) is 17.7 Å². The SMILES string of the molecule is COc1ccc(OC)c(S(=O)(=O)NCC2CCN(c3ccncc3)CC2)c1. The monoisotopic (exact) mass is 391 g/mol. The molecule has 2 heterocycles. The highest BCUT2D eigenvalue weighted by atomic mass is 32.2. The Morgan fingerprint density at radius 3 is 2.44 bits per heavy atom. The fraction of sp³-hybridized carbons (Fsp3) is 0.421. The van der Waals surface area contributed by atoms with Crippen molar-refractivity contribution in [3.05, 3.63) is 42.7 Å². The molecule has 0 atom stereocenters. The summed E-state index contributed by atoms with van der Waals surface area (Å²) in [6.07, 6.45) is 5.44. The third-order valence-electron chi connectivity index (χ3n) is 4.86. The number of anilines is 1. The molecule has 7 nitrogen and oxygen atoms in total. The Morgan fingerprint density at radius 2 is 1.81 bits per heavy atom. The molecule has 8 heteroatoms. The zero-order valence-electron chi connectivity index (χ0n) is 15.6. The van der Waals surface area contributed by atoms with Crippen LogP contribution in [0.1, 0.15) is 12.8 Å². The molecule has 0 unspecified atom stereocenters. The molecule has 1 aliphatic rings. The van der Waals surface area contributed by atoms with E-state index in [1.165, 1.54) is 20.3 Å². The van der Waals surface area contributed by atoms with Gasteiger partial charge in [0.05, 0.1) is 14.2 Å². The van der Waals surface area contributed by atoms with Gasteiger partial charge in [-0.15, -0.1) is 0 Å². The van der Waals surface area contributed by atoms with Crippen LogP contribution in [0.25, 0.3) is 0 Å². The minimum absolute atomic E-state index is 0.0959. The summed E-state index contributed by atoms with van der Waals surface area (Å²) in [7, 11) is -0.721. The van der Waals surface area contributed by atoms with Gasteiger partial charge in [0.15, 0.2) is 0 Å². The van der Waals surface area contributed by atoms with Gasteiger partial charge in [0.25, 0.3) is 0 Å². The first-order chi connectivity index (χ1) is 13.0. The Morgan fingerprint density at radius 1 is 1.11 bits per heavy atom. The number of hydrogen-bond donors (Lipinski definition) is 1. The van der Waals surface area contributed by atoms with Crippen molar-refractivity contribution in [3.63, 3.8) is 0 Å². The molecule has 27 heavy (non-hydrogen) atoms. The number of benzene rings is 1. The minimum atomic E-state index is -3.68. The molecule has 0 amide bonds. The maximum atomic E-state index is 12.7. The van der Waals surface area contributed by atoms with E-state index in [9.17, 15) is 8.42 Å². The molecule has 146 valence electrons. The van der Waals surface area contributed by atoms with E-state index in [0.717, 1.165) is 31.6 Å². The van der Waals surface area contributed by atoms with E-state index in [4.69, 9.17) is 9.47 Å². The maximum absolute atomic E-state index is 12.7. The van der Waals surface area contributed by atoms with Gasteiger partial charge in [-0.3, -0.25) is 4.98 Å². The predicted octanol–water partition coefficient (Wildman–Crippen LogP) is 2.29. The van der Waals surface area contributed by atoms with Crippen molar-refractivity contribution in [2.24, 2.45) is 5.92 Å². The Hall–Kier alpha value is -2.32. The van der Waals surface area contributed by atoms with Crippen LogP contribution in [0.2, 0.25) is 0 Å². The van der Waals surface area contributed by atoms with E-state index in [0.29, 0.717) is 24.0 Å². The number of piperidine rings is 1. The second kappa shape index (κ2) is 8.58. The Labute approximate surface area is 160 Å². The van der Waals surface area contributed by atoms with E-state index in [2.05, 4.69) is 14.6 Å². The predicted molar refractivity (Wildman–Crippen MR) is 104 cm³/mol. The van der Waals surface area contributed by atoms with E-state index in [1.54, 1.807) is 24.5 Å². The number of ether oxygens (including phenoxy) is 2. The van der Waals surface area contributed by atoms with Gasteiger partial charge in [0.2, 0.25) is 10.0 Å². The van der Waals surface area contributed by atoms with Crippen LogP contribution in [0.5, 0.6) is 11.5 Å². The molecular formula is C19H25N3O4S. The van der Waals surface area contributed by atoms with Gasteiger partial charge in [0.1, 0.15) is 16.4 Å². The molecular weight excluding hydrogens is 366 g/mol. The Kier molecular flexibility index (Phi) is 6.18. The van der Waals surface area contributed by atoms with Crippen molar-refractivity contribution < 1.29 is 17.9 Å². The van der Waals surface area contributed by atoms with Gasteiger partial charge in [-0.2, -0.15) is 0 Å². The van der Waals surface area contributed by atoms with Crippen molar-refractivity contribution in [2.75, 3.05) is 38.8 Å². The lowest BCUT2D eigenvalue weighted by Crippen LogP contribution is -2.38. The average molecular weight is 391 g/mol. The highest BCUT2D eigenvalue weighted by molar-refractivity contribution is 7.89. The normalized spacial score (nSPS) is 15.6. The highest BCUT2D eigenvalue weighted by Crippen LogP contribution is 2.28. The molecule has 0 spiro atoms. The quantitative estimate of drug-likeness (QED) is 0.780. The summed E-state index contributed by atoms with van der Waals surface area (Å²) in [4.78, 5) is 6.44. The number of nitrogens with one attached hydrogen (secondary N) is 1. The number of pyridine rings is 1. The van der Waals surface area contributed by atoms with Crippen LogP contribution in [-0.4, -0.2) is 47.3 Å². The summed E-state index contributed by atoms with van der Waals surface area (Å²) >= 11 is 0. The van der Waals surface area contributed by atoms with E-state index in [-0.39, 0.29) is 4.90 Å². The standard InChI is InChI=1S/C19H25N3O4S/c1-25-17-3-4-18(26-2)19(13-17)27(23,24)21-14-15-7-11-22(12-8-15)16-5-9-20-10-6-16/h3-6,9-10,13,15,21H,7-8,11-12,14H2,1-2H3. The van der Waals surface area contributed by atoms with Gasteiger partial charge in [-0.25, -0.2) is 13.1 Å². The van der Waals surface area contributed by atoms with E-state index >= 15 is 0 Å². The first-order valence-corrected chi connectivity index (χ1v) is 10.4. The van der Waals surface area contributed by atoms with Gasteiger partial charge in [-0.1, -0.05) is 0 Å². The summed E-state index contributed by atoms with van der Waals surface area (Å²) in [6.45, 7) is 2.21. The third kappa shape index (κ3) is 4.70. The van der Waals surface area contributed by atoms with Crippen molar-refractivity contribution >= 4 is 15.7 Å². The smallest absolute Gasteiger partial charge is 0.244 e. The molecule has 1 fully saturated rings. The molecule has 1 aromatic heterocycles. The molecule has 1 aromatic carbocycles. The first kappa shape index (κ1) is 19.4. The second-order valence-electron chi connectivity index (χ2n) is 6.50. The van der Waals surface area contributed by atoms with Gasteiger partial charge >= 0.3 is 0 Å². The lowest BCUT2D eigenvalue weighted by atomic mass is 9.97. The number of hydrogen-bond acceptors (Lipinski definition) is 6. The summed E-state index contributed by atoms with van der Waals surface area (Å²) in [5.74, 6) is 1.08. The molecule has 3 rings (SSSR count).